The number of H-pyrrole nitrogens is 1. The van der Waals surface area contributed by atoms with Crippen molar-refractivity contribution in [3.63, 3.8) is 0 Å². The number of aromatic nitrogens is 2. The molecule has 0 saturated carbocycles. The minimum Gasteiger partial charge on any atom is -0.337 e. The van der Waals surface area contributed by atoms with Crippen LogP contribution in [-0.2, 0) is 11.2 Å². The Labute approximate surface area is 197 Å². The highest BCUT2D eigenvalue weighted by molar-refractivity contribution is 8.00. The lowest BCUT2D eigenvalue weighted by molar-refractivity contribution is -0.115. The maximum absolute atomic E-state index is 13.3. The number of nitrogens with zero attached hydrogens (tertiary/aromatic N) is 1. The molecule has 0 bridgehead atoms. The molecule has 0 aliphatic carbocycles. The van der Waals surface area contributed by atoms with Crippen LogP contribution in [0.25, 0.3) is 0 Å². The van der Waals surface area contributed by atoms with Gasteiger partial charge in [-0.2, -0.15) is 0 Å². The van der Waals surface area contributed by atoms with Gasteiger partial charge in [-0.15, -0.1) is 0 Å². The molecule has 0 aliphatic rings. The number of benzene rings is 3. The monoisotopic (exact) mass is 455 g/mol. The van der Waals surface area contributed by atoms with Crippen molar-refractivity contribution in [1.82, 2.24) is 9.97 Å². The summed E-state index contributed by atoms with van der Waals surface area (Å²) >= 11 is 1.38. The lowest BCUT2D eigenvalue weighted by Crippen LogP contribution is -2.19. The predicted molar refractivity (Wildman–Crippen MR) is 133 cm³/mol. The van der Waals surface area contributed by atoms with Gasteiger partial charge in [0.1, 0.15) is 5.25 Å². The van der Waals surface area contributed by atoms with Gasteiger partial charge >= 0.3 is 0 Å². The van der Waals surface area contributed by atoms with Crippen LogP contribution in [0.4, 0.5) is 5.69 Å². The Balaban J connectivity index is 1.57. The highest BCUT2D eigenvalue weighted by Crippen LogP contribution is 2.35. The summed E-state index contributed by atoms with van der Waals surface area (Å²) in [5.41, 5.74) is 5.17. The smallest absolute Gasteiger partial charge is 0.242 e. The number of Topliss-reactive ketones (excluding diaryl/α,β-unsaturated/α-hetero) is 1. The van der Waals surface area contributed by atoms with Crippen molar-refractivity contribution in [1.29, 1.82) is 0 Å². The Morgan fingerprint density at radius 1 is 0.970 bits per heavy atom. The van der Waals surface area contributed by atoms with Crippen molar-refractivity contribution in [2.75, 3.05) is 5.32 Å². The molecule has 0 saturated heterocycles. The molecule has 3 aromatic carbocycles. The van der Waals surface area contributed by atoms with Gasteiger partial charge in [-0.1, -0.05) is 84.6 Å². The fourth-order valence-electron chi connectivity index (χ4n) is 3.52. The molecular weight excluding hydrogens is 430 g/mol. The number of rotatable bonds is 8. The normalized spacial score (nSPS) is 11.7. The summed E-state index contributed by atoms with van der Waals surface area (Å²) in [6.07, 6.45) is 0.726. The first-order chi connectivity index (χ1) is 16.0. The van der Waals surface area contributed by atoms with Crippen LogP contribution < -0.4 is 5.32 Å². The highest BCUT2D eigenvalue weighted by Gasteiger charge is 2.24. The summed E-state index contributed by atoms with van der Waals surface area (Å²) in [5, 5.41) is 3.15. The van der Waals surface area contributed by atoms with Gasteiger partial charge in [0.25, 0.3) is 0 Å². The molecule has 6 heteroatoms. The van der Waals surface area contributed by atoms with E-state index in [2.05, 4.69) is 22.4 Å². The minimum absolute atomic E-state index is 0.0444. The first-order valence-electron chi connectivity index (χ1n) is 10.7. The molecule has 2 N–H and O–H groups in total. The third-order valence-electron chi connectivity index (χ3n) is 5.28. The summed E-state index contributed by atoms with van der Waals surface area (Å²) < 4.78 is 0. The molecule has 0 unspecified atom stereocenters. The zero-order valence-corrected chi connectivity index (χ0v) is 19.4. The fourth-order valence-corrected chi connectivity index (χ4v) is 4.58. The third kappa shape index (κ3) is 5.79. The molecule has 33 heavy (non-hydrogen) atoms. The van der Waals surface area contributed by atoms with Crippen LogP contribution in [0.1, 0.15) is 45.0 Å². The number of aromatic amines is 1. The van der Waals surface area contributed by atoms with Gasteiger partial charge < -0.3 is 10.3 Å². The van der Waals surface area contributed by atoms with Gasteiger partial charge in [-0.3, -0.25) is 9.59 Å². The topological polar surface area (TPSA) is 74.8 Å². The minimum atomic E-state index is -0.512. The molecule has 0 radical (unpaired) electrons. The number of ketones is 1. The predicted octanol–water partition coefficient (Wildman–Crippen LogP) is 5.98. The Kier molecular flexibility index (Phi) is 7.05. The number of imidazole rings is 1. The molecule has 0 aliphatic heterocycles. The number of thioether (sulfide) groups is 1. The molecule has 0 spiro atoms. The van der Waals surface area contributed by atoms with Crippen molar-refractivity contribution in [3.8, 4) is 0 Å². The van der Waals surface area contributed by atoms with Crippen LogP contribution in [0.3, 0.4) is 0 Å². The lowest BCUT2D eigenvalue weighted by atomic mass is 10.1. The standard InChI is InChI=1S/C27H25N3O2S/c1-18-24(16-20-10-5-3-6-11-20)30-27(28-18)33-25(21-12-7-4-8-13-21)26(32)29-23-15-9-14-22(17-23)19(2)31/h3-15,17,25H,16H2,1-2H3,(H,28,30)(H,29,32)/t25-/m1/s1. The first-order valence-corrected chi connectivity index (χ1v) is 11.6. The van der Waals surface area contributed by atoms with Gasteiger partial charge in [0, 0.05) is 23.4 Å². The number of carbonyl (C=O) groups excluding carboxylic acids is 2. The van der Waals surface area contributed by atoms with E-state index >= 15 is 0 Å². The second-order valence-corrected chi connectivity index (χ2v) is 8.90. The fraction of sp³-hybridized carbons (Fsp3) is 0.148. The van der Waals surface area contributed by atoms with Gasteiger partial charge in [0.2, 0.25) is 5.91 Å². The SMILES string of the molecule is CC(=O)c1cccc(NC(=O)[C@H](Sc2nc(Cc3ccccc3)c(C)[nH]2)c2ccccc2)c1. The lowest BCUT2D eigenvalue weighted by Gasteiger charge is -2.16. The van der Waals surface area contributed by atoms with E-state index in [-0.39, 0.29) is 11.7 Å². The largest absolute Gasteiger partial charge is 0.337 e. The summed E-state index contributed by atoms with van der Waals surface area (Å²) in [4.78, 5) is 33.2. The molecule has 1 aromatic heterocycles. The number of hydrogen-bond donors (Lipinski definition) is 2. The second kappa shape index (κ2) is 10.3. The number of carbonyl (C=O) groups is 2. The molecule has 1 heterocycles. The van der Waals surface area contributed by atoms with E-state index in [1.165, 1.54) is 24.2 Å². The Morgan fingerprint density at radius 3 is 2.36 bits per heavy atom. The van der Waals surface area contributed by atoms with Crippen molar-refractivity contribution in [2.45, 2.75) is 30.7 Å². The number of nitrogens with one attached hydrogen (secondary N) is 2. The van der Waals surface area contributed by atoms with Crippen LogP contribution in [0.2, 0.25) is 0 Å². The van der Waals surface area contributed by atoms with Crippen LogP contribution in [0.5, 0.6) is 0 Å². The summed E-state index contributed by atoms with van der Waals surface area (Å²) in [6, 6.07) is 26.8. The molecule has 4 rings (SSSR count). The zero-order valence-electron chi connectivity index (χ0n) is 18.5. The molecule has 4 aromatic rings. The Hall–Kier alpha value is -3.64. The maximum atomic E-state index is 13.3. The molecule has 166 valence electrons. The summed E-state index contributed by atoms with van der Waals surface area (Å²) in [6.45, 7) is 3.51. The van der Waals surface area contributed by atoms with Gasteiger partial charge in [0.05, 0.1) is 5.69 Å². The number of aryl methyl sites for hydroxylation is 1. The third-order valence-corrected chi connectivity index (χ3v) is 6.42. The van der Waals surface area contributed by atoms with E-state index in [1.807, 2.05) is 55.5 Å². The van der Waals surface area contributed by atoms with Crippen LogP contribution in [0.15, 0.2) is 90.1 Å². The molecule has 0 fully saturated rings. The van der Waals surface area contributed by atoms with E-state index in [0.717, 1.165) is 23.4 Å². The molecule has 5 nitrogen and oxygen atoms in total. The zero-order chi connectivity index (χ0) is 23.2. The van der Waals surface area contributed by atoms with Crippen molar-refractivity contribution in [3.05, 3.63) is 113 Å². The Morgan fingerprint density at radius 2 is 1.67 bits per heavy atom. The van der Waals surface area contributed by atoms with Crippen molar-refractivity contribution in [2.24, 2.45) is 0 Å². The maximum Gasteiger partial charge on any atom is 0.242 e. The van der Waals surface area contributed by atoms with Gasteiger partial charge in [0.15, 0.2) is 10.9 Å². The van der Waals surface area contributed by atoms with Crippen LogP contribution in [-0.4, -0.2) is 21.7 Å². The molecular formula is C27H25N3O2S. The van der Waals surface area contributed by atoms with E-state index in [0.29, 0.717) is 16.4 Å². The molecule has 1 atom stereocenters. The second-order valence-electron chi connectivity index (χ2n) is 7.81. The van der Waals surface area contributed by atoms with Gasteiger partial charge in [-0.25, -0.2) is 4.98 Å². The van der Waals surface area contributed by atoms with E-state index < -0.39 is 5.25 Å². The van der Waals surface area contributed by atoms with Crippen LogP contribution in [0, 0.1) is 6.92 Å². The summed E-state index contributed by atoms with van der Waals surface area (Å²) in [5.74, 6) is -0.220. The summed E-state index contributed by atoms with van der Waals surface area (Å²) in [7, 11) is 0. The quantitative estimate of drug-likeness (QED) is 0.253. The molecule has 1 amide bonds. The Bertz CT molecular complexity index is 1250. The van der Waals surface area contributed by atoms with E-state index in [1.54, 1.807) is 24.3 Å². The number of anilines is 1. The first kappa shape index (κ1) is 22.6. The van der Waals surface area contributed by atoms with Gasteiger partial charge in [-0.05, 0) is 37.1 Å². The number of amides is 1. The van der Waals surface area contributed by atoms with Crippen LogP contribution >= 0.6 is 11.8 Å². The van der Waals surface area contributed by atoms with Crippen molar-refractivity contribution >= 4 is 29.1 Å². The van der Waals surface area contributed by atoms with Crippen molar-refractivity contribution < 1.29 is 9.59 Å². The van der Waals surface area contributed by atoms with E-state index in [9.17, 15) is 9.59 Å². The number of hydrogen-bond acceptors (Lipinski definition) is 4. The average Bonchev–Trinajstić information content (AvgIpc) is 3.17. The highest BCUT2D eigenvalue weighted by atomic mass is 32.2. The average molecular weight is 456 g/mol. The van der Waals surface area contributed by atoms with E-state index in [4.69, 9.17) is 4.98 Å².